The van der Waals surface area contributed by atoms with Crippen LogP contribution in [0.1, 0.15) is 43.2 Å². The lowest BCUT2D eigenvalue weighted by atomic mass is 9.80. The van der Waals surface area contributed by atoms with E-state index in [1.54, 1.807) is 0 Å². The van der Waals surface area contributed by atoms with E-state index in [4.69, 9.17) is 4.74 Å². The van der Waals surface area contributed by atoms with Crippen molar-refractivity contribution in [1.29, 1.82) is 0 Å². The van der Waals surface area contributed by atoms with Crippen molar-refractivity contribution in [1.82, 2.24) is 0 Å². The maximum atomic E-state index is 11.9. The first-order valence-electron chi connectivity index (χ1n) is 7.48. The molecule has 0 heterocycles. The quantitative estimate of drug-likeness (QED) is 0.728. The second-order valence-electron chi connectivity index (χ2n) is 5.23. The zero-order chi connectivity index (χ0) is 15.1. The van der Waals surface area contributed by atoms with Crippen LogP contribution in [0.2, 0.25) is 0 Å². The molecule has 2 atom stereocenters. The highest BCUT2D eigenvalue weighted by molar-refractivity contribution is 5.70. The van der Waals surface area contributed by atoms with Crippen LogP contribution < -0.4 is 0 Å². The third kappa shape index (κ3) is 4.19. The van der Waals surface area contributed by atoms with Gasteiger partial charge in [-0.25, -0.2) is 0 Å². The zero-order valence-corrected chi connectivity index (χ0v) is 12.7. The Labute approximate surface area is 126 Å². The molecule has 0 unspecified atom stereocenters. The van der Waals surface area contributed by atoms with Crippen molar-refractivity contribution in [2.75, 3.05) is 6.61 Å². The molecule has 2 nitrogen and oxygen atoms in total. The molecule has 0 aliphatic carbocycles. The van der Waals surface area contributed by atoms with Crippen molar-refractivity contribution in [3.8, 4) is 0 Å². The number of hydrogen-bond acceptors (Lipinski definition) is 2. The third-order valence-corrected chi connectivity index (χ3v) is 3.85. The third-order valence-electron chi connectivity index (χ3n) is 3.85. The van der Waals surface area contributed by atoms with Gasteiger partial charge in [-0.15, -0.1) is 0 Å². The molecule has 0 fully saturated rings. The lowest BCUT2D eigenvalue weighted by Gasteiger charge is -2.24. The maximum Gasteiger partial charge on any atom is 0.306 e. The van der Waals surface area contributed by atoms with Gasteiger partial charge in [0.05, 0.1) is 13.0 Å². The molecule has 0 saturated carbocycles. The van der Waals surface area contributed by atoms with Crippen LogP contribution in [0.5, 0.6) is 0 Å². The molecule has 2 aromatic rings. The number of ether oxygens (including phenoxy) is 1. The summed E-state index contributed by atoms with van der Waals surface area (Å²) < 4.78 is 5.14. The fourth-order valence-corrected chi connectivity index (χ4v) is 2.67. The molecule has 0 saturated heterocycles. The normalized spacial score (nSPS) is 13.4. The predicted octanol–water partition coefficient (Wildman–Crippen LogP) is 4.53. The summed E-state index contributed by atoms with van der Waals surface area (Å²) in [6.07, 6.45) is 0.411. The van der Waals surface area contributed by atoms with E-state index in [0.29, 0.717) is 13.0 Å². The zero-order valence-electron chi connectivity index (χ0n) is 12.7. The Morgan fingerprint density at radius 3 is 2.00 bits per heavy atom. The van der Waals surface area contributed by atoms with Gasteiger partial charge in [0.15, 0.2) is 0 Å². The molecule has 0 amide bonds. The monoisotopic (exact) mass is 282 g/mol. The van der Waals surface area contributed by atoms with Crippen LogP contribution in [0.15, 0.2) is 60.7 Å². The second kappa shape index (κ2) is 7.63. The van der Waals surface area contributed by atoms with Gasteiger partial charge < -0.3 is 4.74 Å². The summed E-state index contributed by atoms with van der Waals surface area (Å²) in [5.74, 6) is 0.264. The Hall–Kier alpha value is -2.09. The van der Waals surface area contributed by atoms with Gasteiger partial charge in [0.25, 0.3) is 0 Å². The molecule has 0 N–H and O–H groups in total. The topological polar surface area (TPSA) is 26.3 Å². The van der Waals surface area contributed by atoms with Gasteiger partial charge >= 0.3 is 5.97 Å². The number of rotatable bonds is 6. The highest BCUT2D eigenvalue weighted by Crippen LogP contribution is 2.35. The molecule has 0 aliphatic heterocycles. The van der Waals surface area contributed by atoms with Crippen LogP contribution in [0.3, 0.4) is 0 Å². The van der Waals surface area contributed by atoms with Gasteiger partial charge in [-0.1, -0.05) is 67.6 Å². The van der Waals surface area contributed by atoms with Gasteiger partial charge in [0, 0.05) is 5.92 Å². The van der Waals surface area contributed by atoms with E-state index in [1.165, 1.54) is 11.1 Å². The molecular weight excluding hydrogens is 260 g/mol. The summed E-state index contributed by atoms with van der Waals surface area (Å²) in [5.41, 5.74) is 2.43. The minimum Gasteiger partial charge on any atom is -0.466 e. The van der Waals surface area contributed by atoms with Crippen LogP contribution in [0.25, 0.3) is 0 Å². The highest BCUT2D eigenvalue weighted by Gasteiger charge is 2.24. The lowest BCUT2D eigenvalue weighted by Crippen LogP contribution is -2.15. The number of esters is 1. The first-order chi connectivity index (χ1) is 10.2. The van der Waals surface area contributed by atoms with E-state index in [0.717, 1.165) is 0 Å². The Balaban J connectivity index is 2.25. The SMILES string of the molecule is CCOC(=O)C[C@H](c1ccccc1)[C@@H](C)c1ccccc1. The molecule has 0 aromatic heterocycles. The van der Waals surface area contributed by atoms with Crippen molar-refractivity contribution < 1.29 is 9.53 Å². The number of benzene rings is 2. The average Bonchev–Trinajstić information content (AvgIpc) is 2.54. The van der Waals surface area contributed by atoms with Crippen molar-refractivity contribution in [3.63, 3.8) is 0 Å². The van der Waals surface area contributed by atoms with Gasteiger partial charge in [0.1, 0.15) is 0 Å². The van der Waals surface area contributed by atoms with Crippen LogP contribution in [-0.4, -0.2) is 12.6 Å². The Morgan fingerprint density at radius 2 is 1.48 bits per heavy atom. The summed E-state index contributed by atoms with van der Waals surface area (Å²) in [7, 11) is 0. The average molecular weight is 282 g/mol. The minimum atomic E-state index is -0.130. The fourth-order valence-electron chi connectivity index (χ4n) is 2.67. The van der Waals surface area contributed by atoms with Gasteiger partial charge in [-0.2, -0.15) is 0 Å². The smallest absolute Gasteiger partial charge is 0.306 e. The summed E-state index contributed by atoms with van der Waals surface area (Å²) >= 11 is 0. The number of carbonyl (C=O) groups excluding carboxylic acids is 1. The largest absolute Gasteiger partial charge is 0.466 e. The molecule has 0 radical (unpaired) electrons. The molecule has 2 aromatic carbocycles. The highest BCUT2D eigenvalue weighted by atomic mass is 16.5. The summed E-state index contributed by atoms with van der Waals surface area (Å²) in [6, 6.07) is 20.5. The van der Waals surface area contributed by atoms with E-state index in [1.807, 2.05) is 43.3 Å². The lowest BCUT2D eigenvalue weighted by molar-refractivity contribution is -0.143. The molecule has 21 heavy (non-hydrogen) atoms. The summed E-state index contributed by atoms with van der Waals surface area (Å²) in [6.45, 7) is 4.45. The van der Waals surface area contributed by atoms with Crippen molar-refractivity contribution in [3.05, 3.63) is 71.8 Å². The molecule has 2 heteroatoms. The Bertz CT molecular complexity index is 548. The maximum absolute atomic E-state index is 11.9. The second-order valence-corrected chi connectivity index (χ2v) is 5.23. The predicted molar refractivity (Wildman–Crippen MR) is 85.3 cm³/mol. The summed E-state index contributed by atoms with van der Waals surface area (Å²) in [5, 5.41) is 0. The van der Waals surface area contributed by atoms with Crippen LogP contribution >= 0.6 is 0 Å². The van der Waals surface area contributed by atoms with E-state index < -0.39 is 0 Å². The van der Waals surface area contributed by atoms with E-state index in [-0.39, 0.29) is 17.8 Å². The van der Waals surface area contributed by atoms with E-state index in [2.05, 4.69) is 31.2 Å². The number of carbonyl (C=O) groups is 1. The first kappa shape index (κ1) is 15.3. The van der Waals surface area contributed by atoms with Crippen LogP contribution in [0, 0.1) is 0 Å². The van der Waals surface area contributed by atoms with E-state index >= 15 is 0 Å². The van der Waals surface area contributed by atoms with Gasteiger partial charge in [-0.05, 0) is 24.0 Å². The van der Waals surface area contributed by atoms with Crippen molar-refractivity contribution >= 4 is 5.97 Å². The number of hydrogen-bond donors (Lipinski definition) is 0. The Morgan fingerprint density at radius 1 is 0.952 bits per heavy atom. The minimum absolute atomic E-state index is 0.130. The molecule has 0 spiro atoms. The van der Waals surface area contributed by atoms with E-state index in [9.17, 15) is 4.79 Å². The first-order valence-corrected chi connectivity index (χ1v) is 7.48. The van der Waals surface area contributed by atoms with Crippen molar-refractivity contribution in [2.45, 2.75) is 32.1 Å². The van der Waals surface area contributed by atoms with Gasteiger partial charge in [-0.3, -0.25) is 4.79 Å². The molecular formula is C19H22O2. The molecule has 0 aliphatic rings. The summed E-state index contributed by atoms with van der Waals surface area (Å²) in [4.78, 5) is 11.9. The Kier molecular flexibility index (Phi) is 5.56. The fraction of sp³-hybridized carbons (Fsp3) is 0.316. The molecule has 110 valence electrons. The van der Waals surface area contributed by atoms with Crippen LogP contribution in [0.4, 0.5) is 0 Å². The molecule has 2 rings (SSSR count). The van der Waals surface area contributed by atoms with Crippen molar-refractivity contribution in [2.24, 2.45) is 0 Å². The standard InChI is InChI=1S/C19H22O2/c1-3-21-19(20)14-18(17-12-8-5-9-13-17)15(2)16-10-6-4-7-11-16/h4-13,15,18H,3,14H2,1-2H3/t15-,18-/m0/s1. The molecule has 0 bridgehead atoms. The van der Waals surface area contributed by atoms with Crippen LogP contribution in [-0.2, 0) is 9.53 Å². The van der Waals surface area contributed by atoms with Gasteiger partial charge in [0.2, 0.25) is 0 Å².